The van der Waals surface area contributed by atoms with E-state index in [0.717, 1.165) is 11.5 Å². The largest absolute Gasteiger partial charge is 0.496 e. The van der Waals surface area contributed by atoms with Crippen molar-refractivity contribution in [1.82, 2.24) is 4.72 Å². The predicted octanol–water partition coefficient (Wildman–Crippen LogP) is 2.85. The number of carbonyl (C=O) groups is 1. The molecule has 0 unspecified atom stereocenters. The molecule has 0 heterocycles. The third-order valence-electron chi connectivity index (χ3n) is 3.99. The van der Waals surface area contributed by atoms with E-state index < -0.39 is 15.9 Å². The summed E-state index contributed by atoms with van der Waals surface area (Å²) in [4.78, 5) is 12.1. The summed E-state index contributed by atoms with van der Waals surface area (Å²) in [5.41, 5.74) is 0.930. The van der Waals surface area contributed by atoms with Crippen LogP contribution in [0.4, 0.5) is 0 Å². The minimum Gasteiger partial charge on any atom is -0.496 e. The van der Waals surface area contributed by atoms with Crippen molar-refractivity contribution in [3.63, 3.8) is 0 Å². The van der Waals surface area contributed by atoms with Crippen LogP contribution in [0, 0.1) is 0 Å². The van der Waals surface area contributed by atoms with Crippen molar-refractivity contribution >= 4 is 28.1 Å². The van der Waals surface area contributed by atoms with E-state index in [1.54, 1.807) is 36.4 Å². The molecule has 0 aliphatic heterocycles. The molecule has 8 nitrogen and oxygen atoms in total. The Kier molecular flexibility index (Phi) is 7.88. The number of rotatable bonds is 9. The highest BCUT2D eigenvalue weighted by Crippen LogP contribution is 2.30. The molecule has 0 atom stereocenters. The lowest BCUT2D eigenvalue weighted by molar-refractivity contribution is -0.114. The number of benzene rings is 2. The van der Waals surface area contributed by atoms with Crippen molar-refractivity contribution in [2.45, 2.75) is 0 Å². The molecule has 0 aliphatic rings. The number of amides is 1. The van der Waals surface area contributed by atoms with Gasteiger partial charge in [-0.2, -0.15) is 0 Å². The van der Waals surface area contributed by atoms with Crippen LogP contribution in [-0.4, -0.2) is 42.8 Å². The van der Waals surface area contributed by atoms with Gasteiger partial charge in [0.15, 0.2) is 0 Å². The Morgan fingerprint density at radius 3 is 1.57 bits per heavy atom. The van der Waals surface area contributed by atoms with Gasteiger partial charge in [-0.1, -0.05) is 12.1 Å². The zero-order valence-corrected chi connectivity index (χ0v) is 17.9. The van der Waals surface area contributed by atoms with Crippen LogP contribution in [0.1, 0.15) is 11.1 Å². The summed E-state index contributed by atoms with van der Waals surface area (Å²) in [6.45, 7) is 0. The molecule has 0 saturated heterocycles. The highest BCUT2D eigenvalue weighted by molar-refractivity contribution is 7.93. The van der Waals surface area contributed by atoms with Gasteiger partial charge in [0.1, 0.15) is 23.0 Å². The summed E-state index contributed by atoms with van der Waals surface area (Å²) in [5, 5.41) is 0.864. The van der Waals surface area contributed by atoms with Crippen molar-refractivity contribution in [1.29, 1.82) is 0 Å². The number of sulfonamides is 1. The molecule has 0 saturated carbocycles. The molecule has 0 bridgehead atoms. The summed E-state index contributed by atoms with van der Waals surface area (Å²) in [7, 11) is 1.81. The average molecular weight is 433 g/mol. The Hall–Kier alpha value is -3.46. The monoisotopic (exact) mass is 433 g/mol. The third kappa shape index (κ3) is 5.77. The molecule has 1 N–H and O–H groups in total. The quantitative estimate of drug-likeness (QED) is 0.607. The van der Waals surface area contributed by atoms with Crippen molar-refractivity contribution in [3.05, 3.63) is 59.0 Å². The van der Waals surface area contributed by atoms with Gasteiger partial charge in [0.05, 0.1) is 45.0 Å². The van der Waals surface area contributed by atoms with Crippen LogP contribution in [0.5, 0.6) is 23.0 Å². The maximum absolute atomic E-state index is 12.3. The summed E-state index contributed by atoms with van der Waals surface area (Å²) in [6, 6.07) is 10.2. The van der Waals surface area contributed by atoms with E-state index in [0.29, 0.717) is 34.1 Å². The topological polar surface area (TPSA) is 100 Å². The lowest BCUT2D eigenvalue weighted by Gasteiger charge is -2.10. The fourth-order valence-electron chi connectivity index (χ4n) is 2.61. The van der Waals surface area contributed by atoms with Gasteiger partial charge < -0.3 is 18.9 Å². The van der Waals surface area contributed by atoms with Gasteiger partial charge in [0.2, 0.25) is 0 Å². The second-order valence-electron chi connectivity index (χ2n) is 5.80. The summed E-state index contributed by atoms with van der Waals surface area (Å²) in [5.74, 6) is 0.971. The Labute approximate surface area is 175 Å². The Balaban J connectivity index is 2.20. The molecule has 0 aliphatic carbocycles. The first kappa shape index (κ1) is 22.8. The second-order valence-corrected chi connectivity index (χ2v) is 7.37. The van der Waals surface area contributed by atoms with Crippen molar-refractivity contribution in [2.75, 3.05) is 28.4 Å². The van der Waals surface area contributed by atoms with Crippen LogP contribution >= 0.6 is 0 Å². The first-order valence-electron chi connectivity index (χ1n) is 8.70. The lowest BCUT2D eigenvalue weighted by atomic mass is 10.1. The minimum atomic E-state index is -4.07. The third-order valence-corrected chi connectivity index (χ3v) is 4.97. The van der Waals surface area contributed by atoms with E-state index in [4.69, 9.17) is 18.9 Å². The van der Waals surface area contributed by atoms with Gasteiger partial charge in [-0.05, 0) is 36.4 Å². The fraction of sp³-hybridized carbons (Fsp3) is 0.190. The second kappa shape index (κ2) is 10.4. The van der Waals surface area contributed by atoms with Gasteiger partial charge in [-0.3, -0.25) is 4.79 Å². The number of hydrogen-bond acceptors (Lipinski definition) is 7. The van der Waals surface area contributed by atoms with Crippen molar-refractivity contribution in [2.24, 2.45) is 0 Å². The molecule has 0 fully saturated rings. The number of carbonyl (C=O) groups excluding carboxylic acids is 1. The molecule has 9 heteroatoms. The maximum Gasteiger partial charge on any atom is 0.257 e. The van der Waals surface area contributed by atoms with Crippen LogP contribution < -0.4 is 23.7 Å². The van der Waals surface area contributed by atoms with Crippen LogP contribution in [0.25, 0.3) is 12.2 Å². The predicted molar refractivity (Wildman–Crippen MR) is 114 cm³/mol. The van der Waals surface area contributed by atoms with E-state index in [2.05, 4.69) is 0 Å². The average Bonchev–Trinajstić information content (AvgIpc) is 2.75. The van der Waals surface area contributed by atoms with E-state index in [-0.39, 0.29) is 0 Å². The molecule has 0 spiro atoms. The van der Waals surface area contributed by atoms with Crippen molar-refractivity contribution < 1.29 is 32.2 Å². The van der Waals surface area contributed by atoms with Gasteiger partial charge in [-0.15, -0.1) is 0 Å². The Morgan fingerprint density at radius 1 is 0.767 bits per heavy atom. The molecule has 2 aromatic rings. The molecule has 0 radical (unpaired) electrons. The normalized spacial score (nSPS) is 11.5. The highest BCUT2D eigenvalue weighted by atomic mass is 32.2. The lowest BCUT2D eigenvalue weighted by Crippen LogP contribution is -2.26. The van der Waals surface area contributed by atoms with E-state index in [1.807, 2.05) is 4.72 Å². The molecular formula is C21H23NO7S. The molecule has 0 aromatic heterocycles. The Bertz CT molecular complexity index is 1010. The summed E-state index contributed by atoms with van der Waals surface area (Å²) in [6.07, 6.45) is 3.78. The zero-order chi connectivity index (χ0) is 22.1. The SMILES string of the molecule is COc1cccc(OC)c1/C=C/C(=O)NS(=O)(=O)/C=C/c1c(OC)cccc1OC. The molecule has 30 heavy (non-hydrogen) atoms. The summed E-state index contributed by atoms with van der Waals surface area (Å²) < 4.78 is 47.4. The minimum absolute atomic E-state index is 0.426. The number of hydrogen-bond donors (Lipinski definition) is 1. The standard InChI is InChI=1S/C21H23NO7S/c1-26-17-7-5-8-18(27-2)15(17)11-12-21(23)22-30(24,25)14-13-16-19(28-3)9-6-10-20(16)29-4/h5-14H,1-4H3,(H,22,23)/b12-11+,14-13+. The van der Waals surface area contributed by atoms with E-state index >= 15 is 0 Å². The molecular weight excluding hydrogens is 410 g/mol. The van der Waals surface area contributed by atoms with Gasteiger partial charge in [0, 0.05) is 6.08 Å². The number of nitrogens with one attached hydrogen (secondary N) is 1. The van der Waals surface area contributed by atoms with E-state index in [1.165, 1.54) is 40.6 Å². The number of methoxy groups -OCH3 is 4. The van der Waals surface area contributed by atoms with Gasteiger partial charge in [-0.25, -0.2) is 13.1 Å². The highest BCUT2D eigenvalue weighted by Gasteiger charge is 2.13. The van der Waals surface area contributed by atoms with Crippen molar-refractivity contribution in [3.8, 4) is 23.0 Å². The van der Waals surface area contributed by atoms with Crippen LogP contribution in [0.2, 0.25) is 0 Å². The smallest absolute Gasteiger partial charge is 0.257 e. The van der Waals surface area contributed by atoms with Crippen LogP contribution in [-0.2, 0) is 14.8 Å². The molecule has 1 amide bonds. The van der Waals surface area contributed by atoms with E-state index in [9.17, 15) is 13.2 Å². The van der Waals surface area contributed by atoms with Crippen LogP contribution in [0.3, 0.4) is 0 Å². The first-order chi connectivity index (χ1) is 14.3. The summed E-state index contributed by atoms with van der Waals surface area (Å²) >= 11 is 0. The van der Waals surface area contributed by atoms with Crippen LogP contribution in [0.15, 0.2) is 47.9 Å². The number of ether oxygens (including phenoxy) is 4. The Morgan fingerprint density at radius 2 is 1.17 bits per heavy atom. The first-order valence-corrected chi connectivity index (χ1v) is 10.2. The zero-order valence-electron chi connectivity index (χ0n) is 17.0. The fourth-order valence-corrected chi connectivity index (χ4v) is 3.34. The maximum atomic E-state index is 12.3. The molecule has 2 rings (SSSR count). The molecule has 2 aromatic carbocycles. The van der Waals surface area contributed by atoms with Gasteiger partial charge >= 0.3 is 0 Å². The molecule has 160 valence electrons. The van der Waals surface area contributed by atoms with Gasteiger partial charge in [0.25, 0.3) is 15.9 Å².